The Labute approximate surface area is 175 Å². The van der Waals surface area contributed by atoms with E-state index in [1.165, 1.54) is 0 Å². The Balaban J connectivity index is 1.70. The van der Waals surface area contributed by atoms with Crippen LogP contribution < -0.4 is 15.0 Å². The summed E-state index contributed by atoms with van der Waals surface area (Å²) >= 11 is 1.11. The zero-order chi connectivity index (χ0) is 20.9. The number of thioether (sulfide) groups is 1. The van der Waals surface area contributed by atoms with Gasteiger partial charge in [-0.1, -0.05) is 30.8 Å². The molecule has 1 aliphatic rings. The monoisotopic (exact) mass is 433 g/mol. The van der Waals surface area contributed by atoms with Gasteiger partial charge in [-0.3, -0.25) is 4.79 Å². The molecule has 1 amide bonds. The Morgan fingerprint density at radius 2 is 1.86 bits per heavy atom. The number of amides is 1. The fourth-order valence-corrected chi connectivity index (χ4v) is 5.15. The fraction of sp³-hybridized carbons (Fsp3) is 0.300. The number of anilines is 2. The van der Waals surface area contributed by atoms with Crippen molar-refractivity contribution in [2.45, 2.75) is 25.2 Å². The van der Waals surface area contributed by atoms with Crippen LogP contribution in [0.15, 0.2) is 57.8 Å². The van der Waals surface area contributed by atoms with Crippen LogP contribution in [0.25, 0.3) is 0 Å². The average Bonchev–Trinajstić information content (AvgIpc) is 2.70. The van der Waals surface area contributed by atoms with Gasteiger partial charge >= 0.3 is 0 Å². The van der Waals surface area contributed by atoms with Crippen LogP contribution in [-0.4, -0.2) is 38.4 Å². The SMILES string of the molecule is CCCN1C(SCC(=O)Nc2ccc(OCC)cc2)=NS(=O)(=O)c2ccccc21. The van der Waals surface area contributed by atoms with Crippen molar-refractivity contribution in [1.82, 2.24) is 0 Å². The summed E-state index contributed by atoms with van der Waals surface area (Å²) in [5.41, 5.74) is 1.24. The van der Waals surface area contributed by atoms with E-state index in [-0.39, 0.29) is 16.6 Å². The van der Waals surface area contributed by atoms with E-state index >= 15 is 0 Å². The van der Waals surface area contributed by atoms with Gasteiger partial charge in [-0.2, -0.15) is 8.42 Å². The lowest BCUT2D eigenvalue weighted by Crippen LogP contribution is -2.35. The number of ether oxygens (including phenoxy) is 1. The highest BCUT2D eigenvalue weighted by molar-refractivity contribution is 8.15. The Kier molecular flexibility index (Phi) is 6.81. The normalized spacial score (nSPS) is 14.7. The molecule has 154 valence electrons. The molecule has 1 heterocycles. The molecule has 0 radical (unpaired) electrons. The first kappa shape index (κ1) is 21.2. The number of hydrogen-bond acceptors (Lipinski definition) is 6. The third-order valence-electron chi connectivity index (χ3n) is 4.09. The quantitative estimate of drug-likeness (QED) is 0.716. The molecule has 0 unspecified atom stereocenters. The molecule has 0 saturated heterocycles. The number of para-hydroxylation sites is 1. The van der Waals surface area contributed by atoms with E-state index in [0.29, 0.717) is 29.7 Å². The molecule has 1 N–H and O–H groups in total. The van der Waals surface area contributed by atoms with Crippen molar-refractivity contribution in [3.8, 4) is 5.75 Å². The summed E-state index contributed by atoms with van der Waals surface area (Å²) in [6, 6.07) is 13.9. The van der Waals surface area contributed by atoms with E-state index in [9.17, 15) is 13.2 Å². The summed E-state index contributed by atoms with van der Waals surface area (Å²) in [6.45, 7) is 5.09. The summed E-state index contributed by atoms with van der Waals surface area (Å²) in [6.07, 6.45) is 0.812. The molecule has 7 nitrogen and oxygen atoms in total. The molecule has 0 spiro atoms. The van der Waals surface area contributed by atoms with Crippen LogP contribution in [0.5, 0.6) is 5.75 Å². The third kappa shape index (κ3) is 5.10. The number of fused-ring (bicyclic) bond motifs is 1. The number of benzene rings is 2. The van der Waals surface area contributed by atoms with Crippen LogP contribution in [0.1, 0.15) is 20.3 Å². The molecule has 9 heteroatoms. The lowest BCUT2D eigenvalue weighted by molar-refractivity contribution is -0.113. The molecular formula is C20H23N3O4S2. The third-order valence-corrected chi connectivity index (χ3v) is 6.50. The van der Waals surface area contributed by atoms with Gasteiger partial charge in [0.25, 0.3) is 10.0 Å². The molecule has 3 rings (SSSR count). The predicted molar refractivity (Wildman–Crippen MR) is 117 cm³/mol. The van der Waals surface area contributed by atoms with Gasteiger partial charge in [0, 0.05) is 12.2 Å². The van der Waals surface area contributed by atoms with Crippen molar-refractivity contribution in [1.29, 1.82) is 0 Å². The van der Waals surface area contributed by atoms with Crippen LogP contribution in [0, 0.1) is 0 Å². The van der Waals surface area contributed by atoms with Crippen LogP contribution in [0.4, 0.5) is 11.4 Å². The van der Waals surface area contributed by atoms with Gasteiger partial charge in [0.1, 0.15) is 10.6 Å². The summed E-state index contributed by atoms with van der Waals surface area (Å²) in [5.74, 6) is 0.536. The predicted octanol–water partition coefficient (Wildman–Crippen LogP) is 3.73. The second kappa shape index (κ2) is 9.32. The summed E-state index contributed by atoms with van der Waals surface area (Å²) < 4.78 is 34.4. The molecule has 2 aromatic carbocycles. The Hall–Kier alpha value is -2.52. The van der Waals surface area contributed by atoms with Crippen molar-refractivity contribution in [3.63, 3.8) is 0 Å². The van der Waals surface area contributed by atoms with Gasteiger partial charge in [0.15, 0.2) is 5.17 Å². The van der Waals surface area contributed by atoms with E-state index in [0.717, 1.165) is 23.9 Å². The zero-order valence-electron chi connectivity index (χ0n) is 16.3. The van der Waals surface area contributed by atoms with Crippen molar-refractivity contribution >= 4 is 44.2 Å². The number of rotatable bonds is 7. The first-order valence-corrected chi connectivity index (χ1v) is 11.7. The minimum absolute atomic E-state index is 0.0456. The van der Waals surface area contributed by atoms with E-state index < -0.39 is 10.0 Å². The average molecular weight is 434 g/mol. The minimum Gasteiger partial charge on any atom is -0.494 e. The molecule has 0 aliphatic carbocycles. The van der Waals surface area contributed by atoms with Gasteiger partial charge in [0.2, 0.25) is 5.91 Å². The van der Waals surface area contributed by atoms with Gasteiger partial charge in [-0.25, -0.2) is 0 Å². The summed E-state index contributed by atoms with van der Waals surface area (Å²) in [7, 11) is -3.78. The van der Waals surface area contributed by atoms with Gasteiger partial charge in [0.05, 0.1) is 18.0 Å². The molecule has 0 bridgehead atoms. The van der Waals surface area contributed by atoms with Gasteiger partial charge < -0.3 is 15.0 Å². The highest BCUT2D eigenvalue weighted by atomic mass is 32.2. The molecule has 0 fully saturated rings. The molecule has 0 aromatic heterocycles. The number of sulfonamides is 1. The fourth-order valence-electron chi connectivity index (χ4n) is 2.87. The van der Waals surface area contributed by atoms with E-state index in [1.54, 1.807) is 48.5 Å². The van der Waals surface area contributed by atoms with Crippen molar-refractivity contribution in [2.75, 3.05) is 29.1 Å². The maximum atomic E-state index is 12.5. The lowest BCUT2D eigenvalue weighted by Gasteiger charge is -2.29. The topological polar surface area (TPSA) is 88.1 Å². The second-order valence-electron chi connectivity index (χ2n) is 6.26. The molecular weight excluding hydrogens is 410 g/mol. The molecule has 0 saturated carbocycles. The number of carbonyl (C=O) groups excluding carboxylic acids is 1. The van der Waals surface area contributed by atoms with Crippen molar-refractivity contribution < 1.29 is 17.9 Å². The number of nitrogens with one attached hydrogen (secondary N) is 1. The Morgan fingerprint density at radius 1 is 1.14 bits per heavy atom. The summed E-state index contributed by atoms with van der Waals surface area (Å²) in [5, 5.41) is 3.11. The molecule has 29 heavy (non-hydrogen) atoms. The van der Waals surface area contributed by atoms with Crippen LogP contribution in [0.3, 0.4) is 0 Å². The second-order valence-corrected chi connectivity index (χ2v) is 8.78. The smallest absolute Gasteiger partial charge is 0.286 e. The largest absolute Gasteiger partial charge is 0.494 e. The first-order valence-electron chi connectivity index (χ1n) is 9.31. The van der Waals surface area contributed by atoms with E-state index in [1.807, 2.05) is 18.7 Å². The Morgan fingerprint density at radius 3 is 2.55 bits per heavy atom. The lowest BCUT2D eigenvalue weighted by atomic mass is 10.3. The van der Waals surface area contributed by atoms with Crippen LogP contribution in [-0.2, 0) is 14.8 Å². The van der Waals surface area contributed by atoms with Crippen LogP contribution >= 0.6 is 11.8 Å². The molecule has 0 atom stereocenters. The molecule has 2 aromatic rings. The van der Waals surface area contributed by atoms with Crippen LogP contribution in [0.2, 0.25) is 0 Å². The minimum atomic E-state index is -3.78. The maximum absolute atomic E-state index is 12.5. The standard InChI is InChI=1S/C20H23N3O4S2/c1-3-13-23-17-7-5-6-8-18(17)29(25,26)22-20(23)28-14-19(24)21-15-9-11-16(12-10-15)27-4-2/h5-12H,3-4,13-14H2,1-2H3,(H,21,24). The number of amidine groups is 1. The highest BCUT2D eigenvalue weighted by Gasteiger charge is 2.30. The van der Waals surface area contributed by atoms with E-state index in [4.69, 9.17) is 4.74 Å². The number of carbonyl (C=O) groups is 1. The molecule has 1 aliphatic heterocycles. The highest BCUT2D eigenvalue weighted by Crippen LogP contribution is 2.34. The van der Waals surface area contributed by atoms with E-state index in [2.05, 4.69) is 9.71 Å². The number of hydrogen-bond donors (Lipinski definition) is 1. The van der Waals surface area contributed by atoms with Crippen molar-refractivity contribution in [2.24, 2.45) is 4.40 Å². The van der Waals surface area contributed by atoms with Crippen molar-refractivity contribution in [3.05, 3.63) is 48.5 Å². The first-order chi connectivity index (χ1) is 13.9. The van der Waals surface area contributed by atoms with Gasteiger partial charge in [-0.05, 0) is 49.7 Å². The maximum Gasteiger partial charge on any atom is 0.286 e. The zero-order valence-corrected chi connectivity index (χ0v) is 17.9. The summed E-state index contributed by atoms with van der Waals surface area (Å²) in [4.78, 5) is 14.4. The Bertz CT molecular complexity index is 1000. The van der Waals surface area contributed by atoms with Gasteiger partial charge in [-0.15, -0.1) is 4.40 Å². The number of nitrogens with zero attached hydrogens (tertiary/aromatic N) is 2.